The molecule has 0 aromatic heterocycles. The minimum Gasteiger partial charge on any atom is -0.382 e. The molecule has 15 heavy (non-hydrogen) atoms. The first-order valence-electron chi connectivity index (χ1n) is 5.39. The Balaban J connectivity index is 2.66. The summed E-state index contributed by atoms with van der Waals surface area (Å²) in [6.45, 7) is 4.18. The van der Waals surface area contributed by atoms with Crippen LogP contribution in [-0.2, 0) is 0 Å². The molecule has 1 unspecified atom stereocenters. The Hall–Kier alpha value is -1.12. The van der Waals surface area contributed by atoms with Gasteiger partial charge in [0.2, 0.25) is 0 Å². The van der Waals surface area contributed by atoms with Crippen molar-refractivity contribution in [3.05, 3.63) is 29.8 Å². The van der Waals surface area contributed by atoms with Gasteiger partial charge in [0.1, 0.15) is 0 Å². The lowest BCUT2D eigenvalue weighted by Crippen LogP contribution is -2.18. The van der Waals surface area contributed by atoms with Gasteiger partial charge < -0.3 is 5.32 Å². The van der Waals surface area contributed by atoms with Crippen LogP contribution in [0.5, 0.6) is 0 Å². The van der Waals surface area contributed by atoms with E-state index in [0.29, 0.717) is 11.7 Å². The van der Waals surface area contributed by atoms with E-state index in [4.69, 9.17) is 0 Å². The molecular formula is C12H17F2N. The van der Waals surface area contributed by atoms with Crippen LogP contribution in [0.3, 0.4) is 0 Å². The quantitative estimate of drug-likeness (QED) is 0.780. The van der Waals surface area contributed by atoms with Crippen molar-refractivity contribution in [3.63, 3.8) is 0 Å². The molecule has 1 atom stereocenters. The van der Waals surface area contributed by atoms with E-state index in [1.54, 1.807) is 6.07 Å². The van der Waals surface area contributed by atoms with Crippen LogP contribution in [0.1, 0.15) is 33.1 Å². The molecular weight excluding hydrogens is 196 g/mol. The van der Waals surface area contributed by atoms with Crippen molar-refractivity contribution in [2.75, 3.05) is 5.32 Å². The summed E-state index contributed by atoms with van der Waals surface area (Å²) in [7, 11) is 0. The van der Waals surface area contributed by atoms with E-state index in [1.165, 1.54) is 6.07 Å². The standard InChI is InChI=1S/C12H17F2N/c1-3-5-9(4-2)15-10-6-7-11(13)12(14)8-10/h6-9,15H,3-5H2,1-2H3. The van der Waals surface area contributed by atoms with Gasteiger partial charge in [0.15, 0.2) is 11.6 Å². The highest BCUT2D eigenvalue weighted by atomic mass is 19.2. The number of hydrogen-bond donors (Lipinski definition) is 1. The van der Waals surface area contributed by atoms with Gasteiger partial charge in [-0.15, -0.1) is 0 Å². The largest absolute Gasteiger partial charge is 0.382 e. The molecule has 0 aliphatic heterocycles. The van der Waals surface area contributed by atoms with Gasteiger partial charge in [0.25, 0.3) is 0 Å². The van der Waals surface area contributed by atoms with E-state index < -0.39 is 11.6 Å². The van der Waals surface area contributed by atoms with Crippen LogP contribution >= 0.6 is 0 Å². The topological polar surface area (TPSA) is 12.0 Å². The zero-order chi connectivity index (χ0) is 11.3. The molecule has 0 spiro atoms. The van der Waals surface area contributed by atoms with Gasteiger partial charge in [0.05, 0.1) is 0 Å². The molecule has 0 aliphatic carbocycles. The Morgan fingerprint density at radius 2 is 1.93 bits per heavy atom. The monoisotopic (exact) mass is 213 g/mol. The molecule has 1 nitrogen and oxygen atoms in total. The van der Waals surface area contributed by atoms with Crippen molar-refractivity contribution in [3.8, 4) is 0 Å². The number of rotatable bonds is 5. The molecule has 1 rings (SSSR count). The highest BCUT2D eigenvalue weighted by molar-refractivity contribution is 5.44. The fourth-order valence-corrected chi connectivity index (χ4v) is 1.55. The maximum absolute atomic E-state index is 12.9. The van der Waals surface area contributed by atoms with Crippen LogP contribution in [0.15, 0.2) is 18.2 Å². The molecule has 0 bridgehead atoms. The maximum Gasteiger partial charge on any atom is 0.160 e. The molecule has 3 heteroatoms. The summed E-state index contributed by atoms with van der Waals surface area (Å²) in [5.41, 5.74) is 0.647. The van der Waals surface area contributed by atoms with Crippen LogP contribution < -0.4 is 5.32 Å². The Labute approximate surface area is 89.5 Å². The molecule has 0 saturated heterocycles. The smallest absolute Gasteiger partial charge is 0.160 e. The zero-order valence-corrected chi connectivity index (χ0v) is 9.19. The fraction of sp³-hybridized carbons (Fsp3) is 0.500. The summed E-state index contributed by atoms with van der Waals surface area (Å²) < 4.78 is 25.6. The number of anilines is 1. The van der Waals surface area contributed by atoms with E-state index in [-0.39, 0.29) is 0 Å². The van der Waals surface area contributed by atoms with Gasteiger partial charge in [-0.3, -0.25) is 0 Å². The average Bonchev–Trinajstić information content (AvgIpc) is 2.23. The van der Waals surface area contributed by atoms with Gasteiger partial charge in [-0.2, -0.15) is 0 Å². The van der Waals surface area contributed by atoms with E-state index >= 15 is 0 Å². The SMILES string of the molecule is CCCC(CC)Nc1ccc(F)c(F)c1. The predicted octanol–water partition coefficient (Wildman–Crippen LogP) is 3.96. The Bertz CT molecular complexity index is 312. The molecule has 1 aromatic carbocycles. The van der Waals surface area contributed by atoms with Crippen molar-refractivity contribution in [2.24, 2.45) is 0 Å². The summed E-state index contributed by atoms with van der Waals surface area (Å²) in [6, 6.07) is 4.25. The lowest BCUT2D eigenvalue weighted by molar-refractivity contribution is 0.508. The van der Waals surface area contributed by atoms with Crippen molar-refractivity contribution < 1.29 is 8.78 Å². The number of nitrogens with one attached hydrogen (secondary N) is 1. The number of benzene rings is 1. The third kappa shape index (κ3) is 3.50. The van der Waals surface area contributed by atoms with Gasteiger partial charge in [-0.05, 0) is 25.0 Å². The molecule has 0 aliphatic rings. The molecule has 84 valence electrons. The zero-order valence-electron chi connectivity index (χ0n) is 9.19. The summed E-state index contributed by atoms with van der Waals surface area (Å²) in [5, 5.41) is 3.19. The van der Waals surface area contributed by atoms with Crippen LogP contribution in [0.25, 0.3) is 0 Å². The van der Waals surface area contributed by atoms with E-state index in [9.17, 15) is 8.78 Å². The summed E-state index contributed by atoms with van der Waals surface area (Å²) >= 11 is 0. The van der Waals surface area contributed by atoms with Crippen LogP contribution in [0.4, 0.5) is 14.5 Å². The van der Waals surface area contributed by atoms with Crippen molar-refractivity contribution >= 4 is 5.69 Å². The predicted molar refractivity (Wildman–Crippen MR) is 59.0 cm³/mol. The second-order valence-electron chi connectivity index (χ2n) is 3.67. The second-order valence-corrected chi connectivity index (χ2v) is 3.67. The van der Waals surface area contributed by atoms with Gasteiger partial charge in [0, 0.05) is 17.8 Å². The third-order valence-corrected chi connectivity index (χ3v) is 2.42. The maximum atomic E-state index is 12.9. The Morgan fingerprint density at radius 1 is 1.20 bits per heavy atom. The normalized spacial score (nSPS) is 12.5. The van der Waals surface area contributed by atoms with E-state index in [1.807, 2.05) is 0 Å². The fourth-order valence-electron chi connectivity index (χ4n) is 1.55. The number of hydrogen-bond acceptors (Lipinski definition) is 1. The van der Waals surface area contributed by atoms with Gasteiger partial charge in [-0.25, -0.2) is 8.78 Å². The summed E-state index contributed by atoms with van der Waals surface area (Å²) in [6.07, 6.45) is 3.09. The molecule has 0 radical (unpaired) electrons. The van der Waals surface area contributed by atoms with Crippen LogP contribution in [0, 0.1) is 11.6 Å². The minimum atomic E-state index is -0.802. The third-order valence-electron chi connectivity index (χ3n) is 2.42. The highest BCUT2D eigenvalue weighted by Crippen LogP contribution is 2.16. The molecule has 1 N–H and O–H groups in total. The lowest BCUT2D eigenvalue weighted by Gasteiger charge is -2.17. The first-order valence-corrected chi connectivity index (χ1v) is 5.39. The molecule has 1 aromatic rings. The molecule has 0 fully saturated rings. The molecule has 0 amide bonds. The Morgan fingerprint density at radius 3 is 2.47 bits per heavy atom. The summed E-state index contributed by atoms with van der Waals surface area (Å²) in [4.78, 5) is 0. The van der Waals surface area contributed by atoms with Gasteiger partial charge >= 0.3 is 0 Å². The lowest BCUT2D eigenvalue weighted by atomic mass is 10.1. The highest BCUT2D eigenvalue weighted by Gasteiger charge is 2.07. The van der Waals surface area contributed by atoms with E-state index in [0.717, 1.165) is 25.3 Å². The summed E-state index contributed by atoms with van der Waals surface area (Å²) in [5.74, 6) is -1.60. The first kappa shape index (κ1) is 12.0. The Kier molecular flexibility index (Phi) is 4.53. The molecule has 0 heterocycles. The van der Waals surface area contributed by atoms with Crippen molar-refractivity contribution in [1.29, 1.82) is 0 Å². The van der Waals surface area contributed by atoms with Crippen LogP contribution in [0.2, 0.25) is 0 Å². The second kappa shape index (κ2) is 5.69. The van der Waals surface area contributed by atoms with E-state index in [2.05, 4.69) is 19.2 Å². The first-order chi connectivity index (χ1) is 7.17. The molecule has 0 saturated carbocycles. The average molecular weight is 213 g/mol. The van der Waals surface area contributed by atoms with Gasteiger partial charge in [-0.1, -0.05) is 20.3 Å². The number of halogens is 2. The van der Waals surface area contributed by atoms with Crippen LogP contribution in [-0.4, -0.2) is 6.04 Å². The van der Waals surface area contributed by atoms with Crippen molar-refractivity contribution in [1.82, 2.24) is 0 Å². The van der Waals surface area contributed by atoms with Crippen molar-refractivity contribution in [2.45, 2.75) is 39.2 Å². The minimum absolute atomic E-state index is 0.333.